The van der Waals surface area contributed by atoms with Crippen molar-refractivity contribution < 1.29 is 17.5 Å². The maximum absolute atomic E-state index is 13.9. The fourth-order valence-corrected chi connectivity index (χ4v) is 5.02. The lowest BCUT2D eigenvalue weighted by Gasteiger charge is -2.33. The van der Waals surface area contributed by atoms with E-state index in [9.17, 15) is 12.8 Å². The minimum atomic E-state index is -3.78. The molecule has 7 nitrogen and oxygen atoms in total. The van der Waals surface area contributed by atoms with Gasteiger partial charge in [0.05, 0.1) is 10.6 Å². The average molecular weight is 505 g/mol. The van der Waals surface area contributed by atoms with Gasteiger partial charge < -0.3 is 10.1 Å². The summed E-state index contributed by atoms with van der Waals surface area (Å²) in [5.41, 5.74) is 2.24. The fourth-order valence-electron chi connectivity index (χ4n) is 3.75. The molecule has 2 heterocycles. The molecule has 34 heavy (non-hydrogen) atoms. The molecule has 4 rings (SSSR count). The predicted molar refractivity (Wildman–Crippen MR) is 134 cm³/mol. The second-order valence-corrected chi connectivity index (χ2v) is 11.2. The first-order chi connectivity index (χ1) is 16.1. The van der Waals surface area contributed by atoms with Gasteiger partial charge in [-0.15, -0.1) is 11.3 Å². The van der Waals surface area contributed by atoms with Crippen LogP contribution in [0.2, 0.25) is 0 Å². The number of alkyl halides is 1. The molecule has 10 heteroatoms. The van der Waals surface area contributed by atoms with Crippen LogP contribution in [0.3, 0.4) is 0 Å². The molecule has 1 fully saturated rings. The van der Waals surface area contributed by atoms with Crippen molar-refractivity contribution in [2.24, 2.45) is 5.14 Å². The van der Waals surface area contributed by atoms with Crippen molar-refractivity contribution in [1.82, 2.24) is 9.88 Å². The zero-order valence-electron chi connectivity index (χ0n) is 19.3. The molecule has 1 saturated heterocycles. The summed E-state index contributed by atoms with van der Waals surface area (Å²) in [6, 6.07) is 12.4. The zero-order valence-corrected chi connectivity index (χ0v) is 20.9. The number of anilines is 2. The molecule has 3 aromatic rings. The third-order valence-corrected chi connectivity index (χ3v) is 7.68. The van der Waals surface area contributed by atoms with Crippen LogP contribution >= 0.6 is 11.3 Å². The second-order valence-electron chi connectivity index (χ2n) is 8.81. The first kappa shape index (κ1) is 24.6. The maximum Gasteiger partial charge on any atom is 0.238 e. The molecule has 2 aromatic carbocycles. The number of nitrogens with one attached hydrogen (secondary N) is 1. The quantitative estimate of drug-likeness (QED) is 0.461. The van der Waals surface area contributed by atoms with Crippen molar-refractivity contribution >= 4 is 32.2 Å². The highest BCUT2D eigenvalue weighted by molar-refractivity contribution is 7.89. The number of nitrogens with two attached hydrogens (primary N) is 1. The van der Waals surface area contributed by atoms with Crippen LogP contribution < -0.4 is 15.2 Å². The summed E-state index contributed by atoms with van der Waals surface area (Å²) in [5.74, 6) is 0.778. The van der Waals surface area contributed by atoms with Crippen molar-refractivity contribution in [2.75, 3.05) is 31.6 Å². The van der Waals surface area contributed by atoms with Gasteiger partial charge >= 0.3 is 0 Å². The predicted octanol–water partition coefficient (Wildman–Crippen LogP) is 4.71. The number of primary sulfonamides is 1. The summed E-state index contributed by atoms with van der Waals surface area (Å²) < 4.78 is 43.1. The largest absolute Gasteiger partial charge is 0.492 e. The summed E-state index contributed by atoms with van der Waals surface area (Å²) in [6.07, 6.45) is 1.15. The van der Waals surface area contributed by atoms with Gasteiger partial charge in [0.1, 0.15) is 18.0 Å². The third-order valence-electron chi connectivity index (χ3n) is 6.01. The SMILES string of the molecule is Cc1ccc(S(N)(=O)=O)cc1Nc1nc(-c2ccc(OCCN3CCC(C)(F)CC3)cc2)cs1. The number of thiazole rings is 1. The Morgan fingerprint density at radius 3 is 2.59 bits per heavy atom. The maximum atomic E-state index is 13.9. The lowest BCUT2D eigenvalue weighted by atomic mass is 9.96. The first-order valence-corrected chi connectivity index (χ1v) is 13.5. The van der Waals surface area contributed by atoms with Crippen LogP contribution in [0.25, 0.3) is 11.3 Å². The number of likely N-dealkylation sites (tertiary alicyclic amines) is 1. The molecule has 182 valence electrons. The van der Waals surface area contributed by atoms with E-state index < -0.39 is 15.7 Å². The highest BCUT2D eigenvalue weighted by atomic mass is 32.2. The summed E-state index contributed by atoms with van der Waals surface area (Å²) in [4.78, 5) is 6.91. The van der Waals surface area contributed by atoms with Crippen LogP contribution in [-0.4, -0.2) is 50.2 Å². The van der Waals surface area contributed by atoms with E-state index in [1.807, 2.05) is 36.6 Å². The first-order valence-electron chi connectivity index (χ1n) is 11.1. The Labute approximate surface area is 203 Å². The number of aromatic nitrogens is 1. The number of benzene rings is 2. The number of nitrogens with zero attached hydrogens (tertiary/aromatic N) is 2. The molecule has 0 aliphatic carbocycles. The van der Waals surface area contributed by atoms with Crippen LogP contribution in [0.4, 0.5) is 15.2 Å². The molecule has 0 bridgehead atoms. The second kappa shape index (κ2) is 9.99. The Balaban J connectivity index is 1.33. The molecule has 0 saturated carbocycles. The number of ether oxygens (including phenoxy) is 1. The molecular weight excluding hydrogens is 475 g/mol. The van der Waals surface area contributed by atoms with Gasteiger partial charge in [0.25, 0.3) is 0 Å². The molecule has 0 amide bonds. The number of hydrogen-bond acceptors (Lipinski definition) is 7. The highest BCUT2D eigenvalue weighted by Gasteiger charge is 2.29. The van der Waals surface area contributed by atoms with Crippen molar-refractivity contribution in [3.8, 4) is 17.0 Å². The zero-order chi connectivity index (χ0) is 24.3. The van der Waals surface area contributed by atoms with Crippen LogP contribution in [0.1, 0.15) is 25.3 Å². The molecule has 0 spiro atoms. The molecule has 3 N–H and O–H groups in total. The lowest BCUT2D eigenvalue weighted by Crippen LogP contribution is -2.41. The monoisotopic (exact) mass is 504 g/mol. The normalized spacial score (nSPS) is 16.4. The summed E-state index contributed by atoms with van der Waals surface area (Å²) >= 11 is 1.43. The Morgan fingerprint density at radius 2 is 1.91 bits per heavy atom. The van der Waals surface area contributed by atoms with Gasteiger partial charge in [-0.05, 0) is 68.7 Å². The topological polar surface area (TPSA) is 97.5 Å². The van der Waals surface area contributed by atoms with Crippen LogP contribution in [0.5, 0.6) is 5.75 Å². The van der Waals surface area contributed by atoms with Crippen molar-refractivity contribution in [3.05, 3.63) is 53.4 Å². The Bertz CT molecular complexity index is 1230. The number of sulfonamides is 1. The average Bonchev–Trinajstić information content (AvgIpc) is 3.25. The van der Waals surface area contributed by atoms with Gasteiger partial charge in [-0.25, -0.2) is 22.9 Å². The highest BCUT2D eigenvalue weighted by Crippen LogP contribution is 2.30. The molecule has 1 aliphatic heterocycles. The van der Waals surface area contributed by atoms with E-state index in [1.165, 1.54) is 23.5 Å². The van der Waals surface area contributed by atoms with E-state index in [2.05, 4.69) is 15.2 Å². The van der Waals surface area contributed by atoms with Gasteiger partial charge in [0.2, 0.25) is 10.0 Å². The number of aryl methyl sites for hydroxylation is 1. The van der Waals surface area contributed by atoms with E-state index in [1.54, 1.807) is 13.0 Å². The summed E-state index contributed by atoms with van der Waals surface area (Å²) in [7, 11) is -3.78. The minimum absolute atomic E-state index is 0.0501. The molecular formula is C24H29FN4O3S2. The van der Waals surface area contributed by atoms with Crippen LogP contribution in [0, 0.1) is 6.92 Å². The number of halogens is 1. The van der Waals surface area contributed by atoms with Crippen LogP contribution in [0.15, 0.2) is 52.7 Å². The molecule has 1 aromatic heterocycles. The van der Waals surface area contributed by atoms with E-state index in [-0.39, 0.29) is 4.90 Å². The minimum Gasteiger partial charge on any atom is -0.492 e. The smallest absolute Gasteiger partial charge is 0.238 e. The van der Waals surface area contributed by atoms with Gasteiger partial charge in [-0.3, -0.25) is 4.90 Å². The van der Waals surface area contributed by atoms with E-state index in [0.29, 0.717) is 30.3 Å². The third kappa shape index (κ3) is 6.32. The molecule has 0 radical (unpaired) electrons. The van der Waals surface area contributed by atoms with E-state index >= 15 is 0 Å². The van der Waals surface area contributed by atoms with Crippen molar-refractivity contribution in [1.29, 1.82) is 0 Å². The van der Waals surface area contributed by atoms with Crippen molar-refractivity contribution in [2.45, 2.75) is 37.3 Å². The van der Waals surface area contributed by atoms with Crippen molar-refractivity contribution in [3.63, 3.8) is 0 Å². The van der Waals surface area contributed by atoms with Gasteiger partial charge in [0, 0.05) is 36.3 Å². The fraction of sp³-hybridized carbons (Fsp3) is 0.375. The number of piperidine rings is 1. The van der Waals surface area contributed by atoms with E-state index in [4.69, 9.17) is 9.88 Å². The number of hydrogen-bond donors (Lipinski definition) is 2. The Kier molecular flexibility index (Phi) is 7.22. The van der Waals surface area contributed by atoms with E-state index in [0.717, 1.165) is 42.2 Å². The molecule has 1 aliphatic rings. The standard InChI is InChI=1S/C24H29FN4O3S2/c1-17-3-8-20(34(26,30)31)15-21(17)27-23-28-22(16-33-23)18-4-6-19(7-5-18)32-14-13-29-11-9-24(2,25)10-12-29/h3-8,15-16H,9-14H2,1-2H3,(H,27,28)(H2,26,30,31). The van der Waals surface area contributed by atoms with Gasteiger partial charge in [0.15, 0.2) is 5.13 Å². The molecule has 0 atom stereocenters. The molecule has 0 unspecified atom stereocenters. The van der Waals surface area contributed by atoms with Crippen LogP contribution in [-0.2, 0) is 10.0 Å². The Morgan fingerprint density at radius 1 is 1.21 bits per heavy atom. The number of rotatable bonds is 8. The van der Waals surface area contributed by atoms with Gasteiger partial charge in [-0.1, -0.05) is 6.07 Å². The summed E-state index contributed by atoms with van der Waals surface area (Å²) in [5, 5.41) is 11.0. The Hall–Kier alpha value is -2.53. The lowest BCUT2D eigenvalue weighted by molar-refractivity contribution is 0.0669. The summed E-state index contributed by atoms with van der Waals surface area (Å²) in [6.45, 7) is 6.43. The van der Waals surface area contributed by atoms with Gasteiger partial charge in [-0.2, -0.15) is 0 Å².